The van der Waals surface area contributed by atoms with E-state index in [4.69, 9.17) is 4.74 Å². The quantitative estimate of drug-likeness (QED) is 0.465. The largest absolute Gasteiger partial charge is 0.494 e. The molecule has 1 unspecified atom stereocenters. The molecule has 2 aromatic heterocycles. The Kier molecular flexibility index (Phi) is 5.17. The predicted molar refractivity (Wildman–Crippen MR) is 125 cm³/mol. The molecule has 7 nitrogen and oxygen atoms in total. The molecule has 1 aliphatic rings. The number of fused-ring (bicyclic) bond motifs is 1. The Morgan fingerprint density at radius 1 is 1.06 bits per heavy atom. The fraction of sp³-hybridized carbons (Fsp3) is 0.320. The third-order valence-corrected chi connectivity index (χ3v) is 6.25. The van der Waals surface area contributed by atoms with E-state index >= 15 is 0 Å². The molecule has 0 fully saturated rings. The van der Waals surface area contributed by atoms with Gasteiger partial charge in [0.25, 0.3) is 0 Å². The van der Waals surface area contributed by atoms with Crippen LogP contribution < -0.4 is 9.64 Å². The summed E-state index contributed by atoms with van der Waals surface area (Å²) in [6, 6.07) is 15.1. The molecule has 0 N–H and O–H groups in total. The van der Waals surface area contributed by atoms with Crippen LogP contribution in [-0.2, 0) is 6.42 Å². The number of aromatic nitrogens is 5. The Labute approximate surface area is 188 Å². The fourth-order valence-electron chi connectivity index (χ4n) is 4.43. The molecule has 0 spiro atoms. The summed E-state index contributed by atoms with van der Waals surface area (Å²) in [5, 5.41) is 9.14. The smallest absolute Gasteiger partial charge is 0.175 e. The van der Waals surface area contributed by atoms with Gasteiger partial charge in [0.2, 0.25) is 0 Å². The van der Waals surface area contributed by atoms with Gasteiger partial charge < -0.3 is 14.2 Å². The van der Waals surface area contributed by atoms with Gasteiger partial charge in [-0.25, -0.2) is 9.67 Å². The molecule has 3 heterocycles. The maximum Gasteiger partial charge on any atom is 0.175 e. The summed E-state index contributed by atoms with van der Waals surface area (Å²) >= 11 is 0. The van der Waals surface area contributed by atoms with Crippen molar-refractivity contribution < 1.29 is 4.74 Å². The Bertz CT molecular complexity index is 1240. The number of methoxy groups -OCH3 is 1. The molecule has 0 aliphatic carbocycles. The molecule has 1 aliphatic heterocycles. The van der Waals surface area contributed by atoms with E-state index in [-0.39, 0.29) is 6.04 Å². The first-order chi connectivity index (χ1) is 15.5. The molecular formula is C25H28N6O. The maximum absolute atomic E-state index is 5.70. The summed E-state index contributed by atoms with van der Waals surface area (Å²) in [5.74, 6) is 1.74. The van der Waals surface area contributed by atoms with Crippen LogP contribution in [0.5, 0.6) is 5.75 Å². The summed E-state index contributed by atoms with van der Waals surface area (Å²) in [4.78, 5) is 6.70. The van der Waals surface area contributed by atoms with Gasteiger partial charge >= 0.3 is 0 Å². The van der Waals surface area contributed by atoms with Crippen LogP contribution in [-0.4, -0.2) is 38.2 Å². The third kappa shape index (κ3) is 3.53. The summed E-state index contributed by atoms with van der Waals surface area (Å²) in [7, 11) is 1.69. The van der Waals surface area contributed by atoms with Crippen LogP contribution in [0.1, 0.15) is 41.9 Å². The van der Waals surface area contributed by atoms with Crippen LogP contribution in [0.15, 0.2) is 55.0 Å². The van der Waals surface area contributed by atoms with E-state index in [1.165, 1.54) is 11.1 Å². The van der Waals surface area contributed by atoms with Gasteiger partial charge in [0, 0.05) is 18.8 Å². The van der Waals surface area contributed by atoms with Crippen LogP contribution in [0, 0.1) is 13.8 Å². The molecule has 0 saturated carbocycles. The van der Waals surface area contributed by atoms with Crippen molar-refractivity contribution in [3.63, 3.8) is 0 Å². The Morgan fingerprint density at radius 3 is 2.59 bits per heavy atom. The van der Waals surface area contributed by atoms with Crippen LogP contribution >= 0.6 is 0 Å². The average Bonchev–Trinajstić information content (AvgIpc) is 3.45. The number of nitrogens with zero attached hydrogens (tertiary/aromatic N) is 6. The minimum atomic E-state index is 0.237. The average molecular weight is 429 g/mol. The highest BCUT2D eigenvalue weighted by atomic mass is 16.5. The summed E-state index contributed by atoms with van der Waals surface area (Å²) in [6.45, 7) is 7.31. The molecule has 0 saturated heterocycles. The van der Waals surface area contributed by atoms with E-state index in [9.17, 15) is 0 Å². The molecule has 164 valence electrons. The van der Waals surface area contributed by atoms with E-state index in [0.29, 0.717) is 0 Å². The maximum atomic E-state index is 5.70. The summed E-state index contributed by atoms with van der Waals surface area (Å²) in [5.41, 5.74) is 6.56. The van der Waals surface area contributed by atoms with Crippen LogP contribution in [0.25, 0.3) is 11.4 Å². The lowest BCUT2D eigenvalue weighted by Crippen LogP contribution is -2.32. The van der Waals surface area contributed by atoms with Gasteiger partial charge in [0.1, 0.15) is 5.75 Å². The minimum Gasteiger partial charge on any atom is -0.494 e. The van der Waals surface area contributed by atoms with Gasteiger partial charge in [-0.2, -0.15) is 0 Å². The number of anilines is 1. The van der Waals surface area contributed by atoms with E-state index < -0.39 is 0 Å². The lowest BCUT2D eigenvalue weighted by Gasteiger charge is -2.33. The Hall–Kier alpha value is -3.61. The van der Waals surface area contributed by atoms with Crippen molar-refractivity contribution in [3.8, 4) is 17.1 Å². The highest BCUT2D eigenvalue weighted by molar-refractivity contribution is 5.56. The molecule has 7 heteroatoms. The van der Waals surface area contributed by atoms with Crippen molar-refractivity contribution in [1.82, 2.24) is 24.5 Å². The number of ether oxygens (including phenoxy) is 1. The lowest BCUT2D eigenvalue weighted by atomic mass is 10.0. The first-order valence-corrected chi connectivity index (χ1v) is 11.0. The van der Waals surface area contributed by atoms with Gasteiger partial charge in [-0.15, -0.1) is 5.10 Å². The van der Waals surface area contributed by atoms with Crippen LogP contribution in [0.3, 0.4) is 0 Å². The monoisotopic (exact) mass is 428 g/mol. The zero-order valence-corrected chi connectivity index (χ0v) is 19.0. The lowest BCUT2D eigenvalue weighted by molar-refractivity contribution is 0.412. The molecule has 2 aromatic carbocycles. The first kappa shape index (κ1) is 20.3. The van der Waals surface area contributed by atoms with Gasteiger partial charge in [-0.05, 0) is 51.3 Å². The molecule has 0 bridgehead atoms. The number of aryl methyl sites for hydroxylation is 2. The van der Waals surface area contributed by atoms with Crippen molar-refractivity contribution in [3.05, 3.63) is 77.5 Å². The highest BCUT2D eigenvalue weighted by Gasteiger charge is 2.28. The minimum absolute atomic E-state index is 0.237. The number of hydrogen-bond donors (Lipinski definition) is 0. The van der Waals surface area contributed by atoms with E-state index in [1.54, 1.807) is 13.4 Å². The molecule has 1 atom stereocenters. The fourth-order valence-corrected chi connectivity index (χ4v) is 4.43. The van der Waals surface area contributed by atoms with Crippen molar-refractivity contribution in [2.24, 2.45) is 0 Å². The number of imidazole rings is 1. The molecule has 4 aromatic rings. The topological polar surface area (TPSA) is 61.0 Å². The third-order valence-electron chi connectivity index (χ3n) is 6.25. The second-order valence-electron chi connectivity index (χ2n) is 8.43. The van der Waals surface area contributed by atoms with Crippen LogP contribution in [0.2, 0.25) is 0 Å². The Balaban J connectivity index is 1.49. The van der Waals surface area contributed by atoms with Gasteiger partial charge in [0.05, 0.1) is 42.2 Å². The number of rotatable bonds is 5. The number of hydrogen-bond acceptors (Lipinski definition) is 5. The molecule has 5 rings (SSSR count). The summed E-state index contributed by atoms with van der Waals surface area (Å²) < 4.78 is 9.62. The predicted octanol–water partition coefficient (Wildman–Crippen LogP) is 4.59. The normalized spacial score (nSPS) is 14.3. The van der Waals surface area contributed by atoms with Crippen molar-refractivity contribution in [1.29, 1.82) is 0 Å². The zero-order chi connectivity index (χ0) is 22.2. The van der Waals surface area contributed by atoms with Gasteiger partial charge in [-0.1, -0.05) is 35.0 Å². The number of benzene rings is 2. The standard InChI is InChI=1S/C25H28N6O/c1-17-7-9-20(10-8-17)19(3)30-13-5-6-23-25(30)27-28-31(23)21-11-12-22(24(14-21)32-4)29-15-18(2)26-16-29/h7-12,14-16,19H,5-6,13H2,1-4H3. The van der Waals surface area contributed by atoms with Crippen molar-refractivity contribution in [2.75, 3.05) is 18.6 Å². The van der Waals surface area contributed by atoms with E-state index in [2.05, 4.69) is 64.4 Å². The van der Waals surface area contributed by atoms with Gasteiger partial charge in [0.15, 0.2) is 5.82 Å². The second-order valence-corrected chi connectivity index (χ2v) is 8.43. The van der Waals surface area contributed by atoms with E-state index in [0.717, 1.165) is 53.7 Å². The van der Waals surface area contributed by atoms with E-state index in [1.807, 2.05) is 34.5 Å². The molecular weight excluding hydrogens is 400 g/mol. The molecule has 32 heavy (non-hydrogen) atoms. The second kappa shape index (κ2) is 8.15. The Morgan fingerprint density at radius 2 is 1.88 bits per heavy atom. The SMILES string of the molecule is COc1cc(-n2nnc3c2CCCN3C(C)c2ccc(C)cc2)ccc1-n1cnc(C)c1. The van der Waals surface area contributed by atoms with Gasteiger partial charge in [-0.3, -0.25) is 0 Å². The van der Waals surface area contributed by atoms with Crippen molar-refractivity contribution >= 4 is 5.82 Å². The van der Waals surface area contributed by atoms with Crippen LogP contribution in [0.4, 0.5) is 5.82 Å². The molecule has 0 radical (unpaired) electrons. The first-order valence-electron chi connectivity index (χ1n) is 11.0. The highest BCUT2D eigenvalue weighted by Crippen LogP contribution is 2.34. The zero-order valence-electron chi connectivity index (χ0n) is 19.0. The molecule has 0 amide bonds. The van der Waals surface area contributed by atoms with Crippen molar-refractivity contribution in [2.45, 2.75) is 39.7 Å². The summed E-state index contributed by atoms with van der Waals surface area (Å²) in [6.07, 6.45) is 5.80.